The number of nitrogens with two attached hydrogens (primary N) is 1. The van der Waals surface area contributed by atoms with Crippen LogP contribution in [-0.4, -0.2) is 24.9 Å². The molecule has 0 heterocycles. The third-order valence-corrected chi connectivity index (χ3v) is 0.680. The Bertz CT molecular complexity index is 107. The lowest BCUT2D eigenvalue weighted by Gasteiger charge is -2.03. The summed E-state index contributed by atoms with van der Waals surface area (Å²) in [5.74, 6) is -0.0903. The molecule has 0 fully saturated rings. The third kappa shape index (κ3) is 2.23. The summed E-state index contributed by atoms with van der Waals surface area (Å²) >= 11 is 0. The number of amides is 1. The zero-order valence-corrected chi connectivity index (χ0v) is 5.09. The van der Waals surface area contributed by atoms with Crippen molar-refractivity contribution in [1.29, 1.82) is 0 Å². The highest BCUT2D eigenvalue weighted by molar-refractivity contribution is 5.86. The highest BCUT2D eigenvalue weighted by Gasteiger charge is 1.93. The normalized spacial score (nSPS) is 9.75. The number of carbonyl (C=O) groups excluding carboxylic acids is 1. The lowest BCUT2D eigenvalue weighted by Crippen LogP contribution is -2.19. The van der Waals surface area contributed by atoms with Crippen LogP contribution in [0, 0.1) is 0 Å². The van der Waals surface area contributed by atoms with Gasteiger partial charge in [0.2, 0.25) is 5.91 Å². The number of likely N-dealkylation sites (N-methyl/N-ethyl adjacent to an activating group) is 1. The second kappa shape index (κ2) is 3.07. The van der Waals surface area contributed by atoms with Gasteiger partial charge in [0.15, 0.2) is 0 Å². The average Bonchev–Trinajstić information content (AvgIpc) is 1.67. The standard InChI is InChI=1S/C5H10N2O/c1-7(2)5(8)3-4-6/h3-4H,6H2,1-2H3/b4-3-. The van der Waals surface area contributed by atoms with Crippen molar-refractivity contribution in [2.45, 2.75) is 0 Å². The molecule has 0 aromatic heterocycles. The molecular formula is C5H10N2O. The number of hydrogen-bond donors (Lipinski definition) is 1. The van der Waals surface area contributed by atoms with Crippen LogP contribution < -0.4 is 5.73 Å². The van der Waals surface area contributed by atoms with E-state index in [9.17, 15) is 4.79 Å². The largest absolute Gasteiger partial charge is 0.404 e. The van der Waals surface area contributed by atoms with E-state index < -0.39 is 0 Å². The predicted octanol–water partition coefficient (Wildman–Crippen LogP) is -0.453. The molecule has 0 bridgehead atoms. The smallest absolute Gasteiger partial charge is 0.247 e. The van der Waals surface area contributed by atoms with E-state index in [-0.39, 0.29) is 5.91 Å². The van der Waals surface area contributed by atoms with Gasteiger partial charge >= 0.3 is 0 Å². The summed E-state index contributed by atoms with van der Waals surface area (Å²) in [5.41, 5.74) is 4.94. The van der Waals surface area contributed by atoms with Crippen LogP contribution in [0.15, 0.2) is 12.3 Å². The van der Waals surface area contributed by atoms with Crippen molar-refractivity contribution >= 4 is 5.91 Å². The highest BCUT2D eigenvalue weighted by Crippen LogP contribution is 1.76. The van der Waals surface area contributed by atoms with Gasteiger partial charge in [-0.3, -0.25) is 4.79 Å². The van der Waals surface area contributed by atoms with Crippen molar-refractivity contribution in [1.82, 2.24) is 4.90 Å². The van der Waals surface area contributed by atoms with Crippen molar-refractivity contribution in [2.24, 2.45) is 5.73 Å². The summed E-state index contributed by atoms with van der Waals surface area (Å²) in [4.78, 5) is 11.9. The van der Waals surface area contributed by atoms with Crippen molar-refractivity contribution in [2.75, 3.05) is 14.1 Å². The van der Waals surface area contributed by atoms with Crippen LogP contribution in [0.2, 0.25) is 0 Å². The first-order valence-electron chi connectivity index (χ1n) is 2.28. The van der Waals surface area contributed by atoms with E-state index >= 15 is 0 Å². The summed E-state index contributed by atoms with van der Waals surface area (Å²) in [5, 5.41) is 0. The van der Waals surface area contributed by atoms with Gasteiger partial charge in [-0.05, 0) is 6.20 Å². The molecule has 0 aliphatic rings. The lowest BCUT2D eigenvalue weighted by atomic mass is 10.5. The first-order valence-corrected chi connectivity index (χ1v) is 2.28. The van der Waals surface area contributed by atoms with Crippen molar-refractivity contribution < 1.29 is 4.79 Å². The fourth-order valence-electron chi connectivity index (χ4n) is 0.231. The van der Waals surface area contributed by atoms with Gasteiger partial charge in [-0.1, -0.05) is 0 Å². The second-order valence-electron chi connectivity index (χ2n) is 1.59. The van der Waals surface area contributed by atoms with Crippen molar-refractivity contribution in [3.05, 3.63) is 12.3 Å². The van der Waals surface area contributed by atoms with E-state index in [0.717, 1.165) is 0 Å². The van der Waals surface area contributed by atoms with E-state index in [1.54, 1.807) is 14.1 Å². The Kier molecular flexibility index (Phi) is 2.69. The summed E-state index contributed by atoms with van der Waals surface area (Å²) < 4.78 is 0. The van der Waals surface area contributed by atoms with Crippen molar-refractivity contribution in [3.8, 4) is 0 Å². The van der Waals surface area contributed by atoms with Gasteiger partial charge in [0, 0.05) is 20.2 Å². The molecule has 2 N–H and O–H groups in total. The minimum absolute atomic E-state index is 0.0903. The number of hydrogen-bond acceptors (Lipinski definition) is 2. The third-order valence-electron chi connectivity index (χ3n) is 0.680. The molecule has 46 valence electrons. The molecule has 1 amide bonds. The molecule has 0 spiro atoms. The maximum atomic E-state index is 10.5. The van der Waals surface area contributed by atoms with Gasteiger partial charge in [-0.2, -0.15) is 0 Å². The molecule has 0 unspecified atom stereocenters. The van der Waals surface area contributed by atoms with Crippen LogP contribution in [-0.2, 0) is 4.79 Å². The molecule has 0 saturated carbocycles. The van der Waals surface area contributed by atoms with E-state index in [2.05, 4.69) is 0 Å². The van der Waals surface area contributed by atoms with Crippen LogP contribution in [0.25, 0.3) is 0 Å². The molecule has 0 aliphatic heterocycles. The summed E-state index contributed by atoms with van der Waals surface area (Å²) in [6.45, 7) is 0. The average molecular weight is 114 g/mol. The van der Waals surface area contributed by atoms with Crippen LogP contribution in [0.3, 0.4) is 0 Å². The van der Waals surface area contributed by atoms with Gasteiger partial charge in [0.05, 0.1) is 0 Å². The number of nitrogens with zero attached hydrogens (tertiary/aromatic N) is 1. The maximum absolute atomic E-state index is 10.5. The Morgan fingerprint density at radius 2 is 2.12 bits per heavy atom. The Hall–Kier alpha value is -0.990. The van der Waals surface area contributed by atoms with E-state index in [1.807, 2.05) is 0 Å². The minimum atomic E-state index is -0.0903. The fourth-order valence-corrected chi connectivity index (χ4v) is 0.231. The fraction of sp³-hybridized carbons (Fsp3) is 0.400. The monoisotopic (exact) mass is 114 g/mol. The van der Waals surface area contributed by atoms with Crippen LogP contribution in [0.5, 0.6) is 0 Å². The molecule has 8 heavy (non-hydrogen) atoms. The topological polar surface area (TPSA) is 46.3 Å². The molecule has 3 nitrogen and oxygen atoms in total. The van der Waals surface area contributed by atoms with Gasteiger partial charge in [0.25, 0.3) is 0 Å². The minimum Gasteiger partial charge on any atom is -0.404 e. The molecule has 0 aromatic carbocycles. The predicted molar refractivity (Wildman–Crippen MR) is 32.0 cm³/mol. The van der Waals surface area contributed by atoms with Crippen LogP contribution in [0.4, 0.5) is 0 Å². The second-order valence-corrected chi connectivity index (χ2v) is 1.59. The highest BCUT2D eigenvalue weighted by atomic mass is 16.2. The van der Waals surface area contributed by atoms with Crippen LogP contribution >= 0.6 is 0 Å². The Morgan fingerprint density at radius 1 is 1.62 bits per heavy atom. The van der Waals surface area contributed by atoms with E-state index in [0.29, 0.717) is 0 Å². The Balaban J connectivity index is 3.66. The number of rotatable bonds is 1. The van der Waals surface area contributed by atoms with Gasteiger partial charge in [-0.25, -0.2) is 0 Å². The quantitative estimate of drug-likeness (QED) is 0.469. The molecule has 3 heteroatoms. The Morgan fingerprint density at radius 3 is 2.25 bits per heavy atom. The van der Waals surface area contributed by atoms with Gasteiger partial charge < -0.3 is 10.6 Å². The number of carbonyl (C=O) groups is 1. The van der Waals surface area contributed by atoms with Gasteiger partial charge in [-0.15, -0.1) is 0 Å². The molecule has 0 saturated heterocycles. The summed E-state index contributed by atoms with van der Waals surface area (Å²) in [6.07, 6.45) is 2.53. The van der Waals surface area contributed by atoms with Gasteiger partial charge in [0.1, 0.15) is 0 Å². The maximum Gasteiger partial charge on any atom is 0.247 e. The first-order chi connectivity index (χ1) is 3.68. The molecule has 0 rings (SSSR count). The summed E-state index contributed by atoms with van der Waals surface area (Å²) in [7, 11) is 3.34. The molecule has 0 radical (unpaired) electrons. The molecule has 0 aliphatic carbocycles. The molecule has 0 atom stereocenters. The van der Waals surface area contributed by atoms with E-state index in [1.165, 1.54) is 17.2 Å². The zero-order chi connectivity index (χ0) is 6.57. The molecule has 0 aromatic rings. The van der Waals surface area contributed by atoms with E-state index in [4.69, 9.17) is 5.73 Å². The van der Waals surface area contributed by atoms with Crippen molar-refractivity contribution in [3.63, 3.8) is 0 Å². The summed E-state index contributed by atoms with van der Waals surface area (Å²) in [6, 6.07) is 0. The first kappa shape index (κ1) is 7.01. The van der Waals surface area contributed by atoms with Crippen LogP contribution in [0.1, 0.15) is 0 Å². The molecular weight excluding hydrogens is 104 g/mol. The lowest BCUT2D eigenvalue weighted by molar-refractivity contribution is -0.123. The zero-order valence-electron chi connectivity index (χ0n) is 5.09. The SMILES string of the molecule is CN(C)C(=O)/C=C\N. The Labute approximate surface area is 48.8 Å².